The highest BCUT2D eigenvalue weighted by Gasteiger charge is 2.72. The molecule has 5 aliphatic carbocycles. The van der Waals surface area contributed by atoms with Crippen molar-refractivity contribution in [3.05, 3.63) is 11.6 Å². The topological polar surface area (TPSA) is 472 Å². The van der Waals surface area contributed by atoms with Crippen molar-refractivity contribution in [2.75, 3.05) is 52.9 Å². The molecule has 0 aromatic rings. The number of ether oxygens (including phenoxy) is 12. The molecule has 6 saturated heterocycles. The molecule has 0 aromatic heterocycles. The Hall–Kier alpha value is -1.91. The van der Waals surface area contributed by atoms with Crippen LogP contribution >= 0.6 is 0 Å². The minimum Gasteiger partial charge on any atom is -0.432 e. The number of aliphatic hydroxyl groups excluding tert-OH is 15. The molecule has 10 fully saturated rings. The standard InChI is InChI=1S/C62H100O30/c1-26-41(87-48-39(74)42(31(69)20-81-48)88-52-45(76)61(79,22-65)24-83-52)43(89-53-46(77)62(80,23-66)25-84-53)40(75)50(85-26)90-44-35(70)30(68)19-82-51(44)92-54(78)60-14-12-55(2,3)16-28(60)27-8-9-34-56(4)17-29(67)47(91-49-38(73)37(72)36(71)32(18-63)86-49)57(5,21-64)33(56)10-11-59(34,7)58(27,6)13-15-60/h8,26,28-53,63-77,79-80H,9-25H2,1-7H3/t26-,28+,29-,30-,31-,32-,33+,34+,35+,36-,37+,38+,39-,40+,41+,42+,43+,44+,45+,46+,47+,48+,49+,50+,51-,52+,53-,56+,57+,58+,59-,60-,61+,62+/m1/s1. The highest BCUT2D eigenvalue weighted by atomic mass is 16.8. The van der Waals surface area contributed by atoms with Crippen LogP contribution in [0.4, 0.5) is 0 Å². The second kappa shape index (κ2) is 26.0. The van der Waals surface area contributed by atoms with E-state index in [2.05, 4.69) is 40.7 Å². The normalized spacial score (nSPS) is 55.1. The lowest BCUT2D eigenvalue weighted by Gasteiger charge is -2.72. The third-order valence-electron chi connectivity index (χ3n) is 24.4. The Morgan fingerprint density at radius 2 is 1.12 bits per heavy atom. The molecule has 30 heteroatoms. The molecule has 0 bridgehead atoms. The molecule has 6 aliphatic heterocycles. The lowest BCUT2D eigenvalue weighted by molar-refractivity contribution is -0.383. The number of hydrogen-bond donors (Lipinski definition) is 17. The Balaban J connectivity index is 0.831. The molecule has 17 N–H and O–H groups in total. The molecule has 4 saturated carbocycles. The van der Waals surface area contributed by atoms with E-state index < -0.39 is 245 Å². The van der Waals surface area contributed by atoms with Gasteiger partial charge in [-0.1, -0.05) is 53.2 Å². The Labute approximate surface area is 532 Å². The molecular formula is C62H100O30. The van der Waals surface area contributed by atoms with Crippen molar-refractivity contribution in [2.24, 2.45) is 50.2 Å². The van der Waals surface area contributed by atoms with Crippen LogP contribution in [0, 0.1) is 50.2 Å². The Kier molecular flexibility index (Phi) is 20.2. The van der Waals surface area contributed by atoms with Gasteiger partial charge in [0.2, 0.25) is 6.29 Å². The van der Waals surface area contributed by atoms with Crippen molar-refractivity contribution < 1.29 is 148 Å². The molecular weight excluding hydrogens is 1220 g/mol. The van der Waals surface area contributed by atoms with Gasteiger partial charge < -0.3 is 144 Å². The molecule has 528 valence electrons. The van der Waals surface area contributed by atoms with Gasteiger partial charge in [0, 0.05) is 5.41 Å². The van der Waals surface area contributed by atoms with E-state index >= 15 is 4.79 Å². The minimum absolute atomic E-state index is 0.0561. The number of carbonyl (C=O) groups excluding carboxylic acids is 1. The van der Waals surface area contributed by atoms with E-state index in [1.54, 1.807) is 0 Å². The van der Waals surface area contributed by atoms with Crippen LogP contribution in [-0.4, -0.2) is 304 Å². The van der Waals surface area contributed by atoms with Crippen molar-refractivity contribution in [3.63, 3.8) is 0 Å². The van der Waals surface area contributed by atoms with Gasteiger partial charge in [-0.2, -0.15) is 0 Å². The summed E-state index contributed by atoms with van der Waals surface area (Å²) in [6.07, 6.45) is -32.7. The number of rotatable bonds is 16. The third-order valence-corrected chi connectivity index (χ3v) is 24.4. The van der Waals surface area contributed by atoms with Gasteiger partial charge in [0.05, 0.1) is 76.6 Å². The van der Waals surface area contributed by atoms with Crippen LogP contribution in [0.1, 0.15) is 106 Å². The van der Waals surface area contributed by atoms with Crippen LogP contribution in [0.5, 0.6) is 0 Å². The van der Waals surface area contributed by atoms with E-state index in [1.807, 2.05) is 6.92 Å². The van der Waals surface area contributed by atoms with Crippen LogP contribution in [0.3, 0.4) is 0 Å². The quantitative estimate of drug-likeness (QED) is 0.0391. The van der Waals surface area contributed by atoms with Crippen LogP contribution in [-0.2, 0) is 61.6 Å². The second-order valence-corrected chi connectivity index (χ2v) is 30.4. The van der Waals surface area contributed by atoms with Gasteiger partial charge in [0.15, 0.2) is 37.6 Å². The summed E-state index contributed by atoms with van der Waals surface area (Å²) in [6, 6.07) is 0. The lowest BCUT2D eigenvalue weighted by atomic mass is 9.33. The monoisotopic (exact) mass is 1320 g/mol. The maximum Gasteiger partial charge on any atom is 0.315 e. The summed E-state index contributed by atoms with van der Waals surface area (Å²) in [7, 11) is 0. The first-order chi connectivity index (χ1) is 43.1. The zero-order valence-corrected chi connectivity index (χ0v) is 53.1. The van der Waals surface area contributed by atoms with E-state index in [-0.39, 0.29) is 29.6 Å². The predicted molar refractivity (Wildman–Crippen MR) is 305 cm³/mol. The molecule has 92 heavy (non-hydrogen) atoms. The number of aliphatic hydroxyl groups is 17. The Morgan fingerprint density at radius 3 is 1.74 bits per heavy atom. The zero-order valence-electron chi connectivity index (χ0n) is 53.1. The molecule has 0 aromatic carbocycles. The van der Waals surface area contributed by atoms with E-state index in [9.17, 15) is 86.8 Å². The smallest absolute Gasteiger partial charge is 0.315 e. The van der Waals surface area contributed by atoms with Crippen molar-refractivity contribution in [1.29, 1.82) is 0 Å². The fourth-order valence-electron chi connectivity index (χ4n) is 18.5. The van der Waals surface area contributed by atoms with Gasteiger partial charge in [-0.15, -0.1) is 0 Å². The first-order valence-electron chi connectivity index (χ1n) is 32.5. The number of esters is 1. The number of fused-ring (bicyclic) bond motifs is 7. The van der Waals surface area contributed by atoms with E-state index in [0.717, 1.165) is 5.57 Å². The van der Waals surface area contributed by atoms with E-state index in [1.165, 1.54) is 6.92 Å². The SMILES string of the molecule is C[C@H]1O[C@@H](O[C@@H]2[C@@H](OC(=O)[C@@]34CCC(C)(C)C[C@H]3C3=CC[C@H]5[C@@]6(C)C[C@@H](O)[C@H](O[C@@H]7O[C@H](CO)[C@@H](O)[C@H](O)[C@@H]7O)[C@@](C)(CO)[C@H]6CC[C@@]5(C)[C@@]3(C)CC4)OC[C@@H](O)[C@@H]2O)[C@@H](O)[C@H](O[C@H]2OC[C@@](O)(CO)[C@H]2O)[C@H]1O[C@@H]1OC[C@@H](O)[C@H](O[C@@H]2OC[C@@](O)(CO)[C@H]2O)[C@H]1O. The minimum atomic E-state index is -2.22. The van der Waals surface area contributed by atoms with Crippen molar-refractivity contribution in [2.45, 2.75) is 265 Å². The molecule has 11 aliphatic rings. The van der Waals surface area contributed by atoms with Gasteiger partial charge in [0.1, 0.15) is 96.7 Å². The Morgan fingerprint density at radius 1 is 0.543 bits per heavy atom. The average molecular weight is 1330 g/mol. The molecule has 11 rings (SSSR count). The summed E-state index contributed by atoms with van der Waals surface area (Å²) in [5.74, 6) is -1.29. The van der Waals surface area contributed by atoms with Crippen LogP contribution in [0.25, 0.3) is 0 Å². The van der Waals surface area contributed by atoms with Gasteiger partial charge in [-0.3, -0.25) is 4.79 Å². The highest BCUT2D eigenvalue weighted by molar-refractivity contribution is 5.79. The molecule has 30 nitrogen and oxygen atoms in total. The van der Waals surface area contributed by atoms with Gasteiger partial charge in [-0.05, 0) is 104 Å². The van der Waals surface area contributed by atoms with Crippen LogP contribution in [0.15, 0.2) is 11.6 Å². The second-order valence-electron chi connectivity index (χ2n) is 30.4. The van der Waals surface area contributed by atoms with Crippen LogP contribution < -0.4 is 0 Å². The third kappa shape index (κ3) is 11.7. The van der Waals surface area contributed by atoms with Gasteiger partial charge in [0.25, 0.3) is 0 Å². The molecule has 0 unspecified atom stereocenters. The summed E-state index contributed by atoms with van der Waals surface area (Å²) in [5, 5.41) is 186. The summed E-state index contributed by atoms with van der Waals surface area (Å²) in [5.41, 5.74) is -7.24. The molecule has 6 heterocycles. The first kappa shape index (κ1) is 71.4. The predicted octanol–water partition coefficient (Wildman–Crippen LogP) is -4.86. The van der Waals surface area contributed by atoms with Crippen molar-refractivity contribution >= 4 is 5.97 Å². The fourth-order valence-corrected chi connectivity index (χ4v) is 18.5. The summed E-state index contributed by atoms with van der Waals surface area (Å²) in [6.45, 7) is 9.14. The molecule has 34 atom stereocenters. The van der Waals surface area contributed by atoms with Crippen molar-refractivity contribution in [1.82, 2.24) is 0 Å². The van der Waals surface area contributed by atoms with Gasteiger partial charge >= 0.3 is 5.97 Å². The molecule has 0 radical (unpaired) electrons. The largest absolute Gasteiger partial charge is 0.432 e. The first-order valence-corrected chi connectivity index (χ1v) is 32.5. The average Bonchev–Trinajstić information content (AvgIpc) is 0.699. The summed E-state index contributed by atoms with van der Waals surface area (Å²) < 4.78 is 71.8. The summed E-state index contributed by atoms with van der Waals surface area (Å²) in [4.78, 5) is 15.6. The van der Waals surface area contributed by atoms with E-state index in [0.29, 0.717) is 51.4 Å². The Bertz CT molecular complexity index is 2620. The highest BCUT2D eigenvalue weighted by Crippen LogP contribution is 2.76. The van der Waals surface area contributed by atoms with Crippen molar-refractivity contribution in [3.8, 4) is 0 Å². The fraction of sp³-hybridized carbons (Fsp3) is 0.952. The zero-order chi connectivity index (χ0) is 67.0. The number of hydrogen-bond acceptors (Lipinski definition) is 30. The summed E-state index contributed by atoms with van der Waals surface area (Å²) >= 11 is 0. The maximum atomic E-state index is 15.6. The lowest BCUT2D eigenvalue weighted by Crippen LogP contribution is -2.69. The number of carbonyl (C=O) groups is 1. The molecule has 0 spiro atoms. The van der Waals surface area contributed by atoms with Gasteiger partial charge in [-0.25, -0.2) is 0 Å². The van der Waals surface area contributed by atoms with Crippen LogP contribution in [0.2, 0.25) is 0 Å². The number of allylic oxidation sites excluding steroid dienone is 2. The molecule has 0 amide bonds. The van der Waals surface area contributed by atoms with E-state index in [4.69, 9.17) is 56.8 Å². The maximum absolute atomic E-state index is 15.6.